The number of halogens is 1. The van der Waals surface area contributed by atoms with Crippen LogP contribution in [0.3, 0.4) is 0 Å². The number of rotatable bonds is 3. The highest BCUT2D eigenvalue weighted by Crippen LogP contribution is 2.22. The summed E-state index contributed by atoms with van der Waals surface area (Å²) in [5.41, 5.74) is 1.87. The molecule has 3 nitrogen and oxygen atoms in total. The maximum Gasteiger partial charge on any atom is 0.149 e. The first-order chi connectivity index (χ1) is 8.22. The summed E-state index contributed by atoms with van der Waals surface area (Å²) < 4.78 is 13.3. The molecule has 0 fully saturated rings. The Morgan fingerprint density at radius 1 is 1.24 bits per heavy atom. The lowest BCUT2D eigenvalue weighted by molar-refractivity contribution is 0.606. The zero-order valence-corrected chi connectivity index (χ0v) is 9.81. The fourth-order valence-corrected chi connectivity index (χ4v) is 1.81. The van der Waals surface area contributed by atoms with Crippen LogP contribution in [0.5, 0.6) is 0 Å². The summed E-state index contributed by atoms with van der Waals surface area (Å²) in [4.78, 5) is 8.40. The van der Waals surface area contributed by atoms with E-state index in [4.69, 9.17) is 0 Å². The maximum absolute atomic E-state index is 13.3. The van der Waals surface area contributed by atoms with Gasteiger partial charge < -0.3 is 5.32 Å². The van der Waals surface area contributed by atoms with E-state index in [1.165, 1.54) is 12.1 Å². The van der Waals surface area contributed by atoms with Gasteiger partial charge in [0, 0.05) is 12.4 Å². The molecule has 0 spiro atoms. The Balaban J connectivity index is 2.46. The van der Waals surface area contributed by atoms with E-state index < -0.39 is 0 Å². The van der Waals surface area contributed by atoms with Crippen molar-refractivity contribution in [2.45, 2.75) is 13.0 Å². The minimum Gasteiger partial charge on any atom is -0.307 e. The number of aryl methyl sites for hydroxylation is 1. The molecular weight excluding hydrogens is 217 g/mol. The number of nitrogens with zero attached hydrogens (tertiary/aromatic N) is 2. The van der Waals surface area contributed by atoms with Crippen LogP contribution in [0.1, 0.15) is 23.0 Å². The van der Waals surface area contributed by atoms with Crippen molar-refractivity contribution >= 4 is 0 Å². The van der Waals surface area contributed by atoms with Crippen molar-refractivity contribution in [1.82, 2.24) is 15.3 Å². The predicted octanol–water partition coefficient (Wildman–Crippen LogP) is 2.23. The van der Waals surface area contributed by atoms with Gasteiger partial charge in [-0.05, 0) is 43.3 Å². The average Bonchev–Trinajstić information content (AvgIpc) is 2.36. The van der Waals surface area contributed by atoms with E-state index in [1.807, 2.05) is 14.0 Å². The third-order valence-corrected chi connectivity index (χ3v) is 2.68. The molecule has 1 atom stereocenters. The molecule has 1 aromatic carbocycles. The maximum atomic E-state index is 13.3. The number of benzene rings is 1. The lowest BCUT2D eigenvalue weighted by Gasteiger charge is -2.17. The van der Waals surface area contributed by atoms with Crippen molar-refractivity contribution in [3.05, 3.63) is 59.4 Å². The van der Waals surface area contributed by atoms with Crippen LogP contribution in [-0.4, -0.2) is 17.0 Å². The van der Waals surface area contributed by atoms with Crippen molar-refractivity contribution < 1.29 is 4.39 Å². The molecule has 4 heteroatoms. The minimum absolute atomic E-state index is 0.188. The van der Waals surface area contributed by atoms with Gasteiger partial charge in [0.2, 0.25) is 0 Å². The molecule has 1 aromatic heterocycles. The molecule has 17 heavy (non-hydrogen) atoms. The van der Waals surface area contributed by atoms with Gasteiger partial charge >= 0.3 is 0 Å². The molecule has 2 rings (SSSR count). The van der Waals surface area contributed by atoms with Crippen LogP contribution in [0.15, 0.2) is 36.7 Å². The fraction of sp³-hybridized carbons (Fsp3) is 0.231. The van der Waals surface area contributed by atoms with Crippen molar-refractivity contribution in [1.29, 1.82) is 0 Å². The van der Waals surface area contributed by atoms with Gasteiger partial charge in [0.05, 0.1) is 6.04 Å². The van der Waals surface area contributed by atoms with E-state index in [1.54, 1.807) is 24.5 Å². The average molecular weight is 231 g/mol. The van der Waals surface area contributed by atoms with Gasteiger partial charge in [0.25, 0.3) is 0 Å². The Bertz CT molecular complexity index is 499. The predicted molar refractivity (Wildman–Crippen MR) is 64.1 cm³/mol. The molecule has 2 aromatic rings. The largest absolute Gasteiger partial charge is 0.307 e. The molecule has 1 N–H and O–H groups in total. The number of hydrogen-bond acceptors (Lipinski definition) is 3. The summed E-state index contributed by atoms with van der Waals surface area (Å²) in [6, 6.07) is 6.31. The molecular formula is C13H14FN3. The topological polar surface area (TPSA) is 37.8 Å². The van der Waals surface area contributed by atoms with Gasteiger partial charge in [0.1, 0.15) is 11.6 Å². The van der Waals surface area contributed by atoms with Crippen LogP contribution in [0, 0.1) is 12.7 Å². The van der Waals surface area contributed by atoms with Gasteiger partial charge in [0.15, 0.2) is 0 Å². The van der Waals surface area contributed by atoms with Gasteiger partial charge in [-0.3, -0.25) is 0 Å². The van der Waals surface area contributed by atoms with Crippen LogP contribution in [0.2, 0.25) is 0 Å². The molecule has 0 radical (unpaired) electrons. The van der Waals surface area contributed by atoms with Crippen molar-refractivity contribution in [2.75, 3.05) is 7.05 Å². The summed E-state index contributed by atoms with van der Waals surface area (Å²) in [7, 11) is 1.81. The second-order valence-electron chi connectivity index (χ2n) is 3.83. The van der Waals surface area contributed by atoms with Crippen molar-refractivity contribution in [3.63, 3.8) is 0 Å². The smallest absolute Gasteiger partial charge is 0.149 e. The van der Waals surface area contributed by atoms with Gasteiger partial charge in [-0.15, -0.1) is 0 Å². The first kappa shape index (κ1) is 11.7. The summed E-state index contributed by atoms with van der Waals surface area (Å²) >= 11 is 0. The molecule has 0 saturated carbocycles. The lowest BCUT2D eigenvalue weighted by Crippen LogP contribution is -2.21. The Labute approximate surface area is 99.7 Å². The lowest BCUT2D eigenvalue weighted by atomic mass is 10.0. The highest BCUT2D eigenvalue weighted by molar-refractivity contribution is 5.33. The van der Waals surface area contributed by atoms with E-state index in [-0.39, 0.29) is 11.9 Å². The van der Waals surface area contributed by atoms with E-state index in [0.29, 0.717) is 5.82 Å². The van der Waals surface area contributed by atoms with Gasteiger partial charge in [-0.25, -0.2) is 14.4 Å². The van der Waals surface area contributed by atoms with E-state index >= 15 is 0 Å². The standard InChI is InChI=1S/C13H14FN3/c1-9-4-5-10(14)8-11(9)12(15-2)13-16-6-3-7-17-13/h3-8,12,15H,1-2H3. The zero-order chi connectivity index (χ0) is 12.3. The summed E-state index contributed by atoms with van der Waals surface area (Å²) in [5.74, 6) is 0.394. The normalized spacial score (nSPS) is 12.4. The third kappa shape index (κ3) is 2.47. The fourth-order valence-electron chi connectivity index (χ4n) is 1.81. The number of hydrogen-bond donors (Lipinski definition) is 1. The molecule has 0 aliphatic carbocycles. The second kappa shape index (κ2) is 5.01. The molecule has 88 valence electrons. The highest BCUT2D eigenvalue weighted by atomic mass is 19.1. The first-order valence-electron chi connectivity index (χ1n) is 5.42. The third-order valence-electron chi connectivity index (χ3n) is 2.68. The number of aromatic nitrogens is 2. The summed E-state index contributed by atoms with van der Waals surface area (Å²) in [5, 5.41) is 3.11. The molecule has 1 unspecified atom stereocenters. The Morgan fingerprint density at radius 3 is 2.59 bits per heavy atom. The van der Waals surface area contributed by atoms with E-state index in [2.05, 4.69) is 15.3 Å². The highest BCUT2D eigenvalue weighted by Gasteiger charge is 2.17. The summed E-state index contributed by atoms with van der Waals surface area (Å²) in [6.45, 7) is 1.95. The minimum atomic E-state index is -0.248. The molecule has 0 bridgehead atoms. The molecule has 0 saturated heterocycles. The van der Waals surface area contributed by atoms with Crippen LogP contribution in [0.4, 0.5) is 4.39 Å². The van der Waals surface area contributed by atoms with E-state index in [9.17, 15) is 4.39 Å². The van der Waals surface area contributed by atoms with E-state index in [0.717, 1.165) is 11.1 Å². The zero-order valence-electron chi connectivity index (χ0n) is 9.81. The molecule has 0 aliphatic heterocycles. The van der Waals surface area contributed by atoms with Crippen LogP contribution in [0.25, 0.3) is 0 Å². The monoisotopic (exact) mass is 231 g/mol. The quantitative estimate of drug-likeness (QED) is 0.880. The summed E-state index contributed by atoms with van der Waals surface area (Å²) in [6.07, 6.45) is 3.36. The van der Waals surface area contributed by atoms with Crippen molar-refractivity contribution in [3.8, 4) is 0 Å². The van der Waals surface area contributed by atoms with Gasteiger partial charge in [-0.1, -0.05) is 6.07 Å². The Hall–Kier alpha value is -1.81. The molecule has 1 heterocycles. The Morgan fingerprint density at radius 2 is 1.94 bits per heavy atom. The first-order valence-corrected chi connectivity index (χ1v) is 5.42. The number of nitrogens with one attached hydrogen (secondary N) is 1. The van der Waals surface area contributed by atoms with Crippen molar-refractivity contribution in [2.24, 2.45) is 0 Å². The van der Waals surface area contributed by atoms with Crippen LogP contribution < -0.4 is 5.32 Å². The van der Waals surface area contributed by atoms with Crippen LogP contribution >= 0.6 is 0 Å². The Kier molecular flexibility index (Phi) is 3.44. The molecule has 0 amide bonds. The van der Waals surface area contributed by atoms with Crippen LogP contribution in [-0.2, 0) is 0 Å². The SMILES string of the molecule is CNC(c1ncccn1)c1cc(F)ccc1C. The second-order valence-corrected chi connectivity index (χ2v) is 3.83. The van der Waals surface area contributed by atoms with Gasteiger partial charge in [-0.2, -0.15) is 0 Å². The molecule has 0 aliphatic rings.